The van der Waals surface area contributed by atoms with Gasteiger partial charge in [0.25, 0.3) is 0 Å². The summed E-state index contributed by atoms with van der Waals surface area (Å²) >= 11 is 5.94. The molecule has 1 aliphatic carbocycles. The lowest BCUT2D eigenvalue weighted by Gasteiger charge is -2.19. The van der Waals surface area contributed by atoms with E-state index in [2.05, 4.69) is 0 Å². The minimum atomic E-state index is -3.54. The van der Waals surface area contributed by atoms with Crippen LogP contribution in [0.4, 0.5) is 0 Å². The van der Waals surface area contributed by atoms with Crippen LogP contribution in [0.2, 0.25) is 5.02 Å². The van der Waals surface area contributed by atoms with Crippen LogP contribution in [0.1, 0.15) is 24.0 Å². The van der Waals surface area contributed by atoms with E-state index in [1.165, 1.54) is 10.4 Å². The van der Waals surface area contributed by atoms with Crippen molar-refractivity contribution in [2.24, 2.45) is 5.92 Å². The summed E-state index contributed by atoms with van der Waals surface area (Å²) in [4.78, 5) is 0.187. The second-order valence-corrected chi connectivity index (χ2v) is 7.52. The van der Waals surface area contributed by atoms with E-state index in [0.717, 1.165) is 12.8 Å². The maximum atomic E-state index is 12.5. The fourth-order valence-electron chi connectivity index (χ4n) is 2.07. The maximum absolute atomic E-state index is 12.5. The highest BCUT2D eigenvalue weighted by atomic mass is 35.5. The van der Waals surface area contributed by atoms with E-state index in [0.29, 0.717) is 28.6 Å². The van der Waals surface area contributed by atoms with E-state index < -0.39 is 10.0 Å². The standard InChI is InChI=1S/C13H18ClNO3S/c1-9-11(8-16)5-12(14)6-13(9)19(17,18)15(2)7-10-3-4-10/h5-6,10,16H,3-4,7-8H2,1-2H3. The molecule has 4 nitrogen and oxygen atoms in total. The first-order valence-corrected chi connectivity index (χ1v) is 8.04. The van der Waals surface area contributed by atoms with Gasteiger partial charge in [0.2, 0.25) is 10.0 Å². The molecule has 0 unspecified atom stereocenters. The SMILES string of the molecule is Cc1c(CO)cc(Cl)cc1S(=O)(=O)N(C)CC1CC1. The number of nitrogens with zero attached hydrogens (tertiary/aromatic N) is 1. The van der Waals surface area contributed by atoms with Crippen LogP contribution in [0.15, 0.2) is 17.0 Å². The first-order chi connectivity index (χ1) is 8.86. The van der Waals surface area contributed by atoms with E-state index >= 15 is 0 Å². The zero-order valence-corrected chi connectivity index (χ0v) is 12.6. The molecule has 0 radical (unpaired) electrons. The van der Waals surface area contributed by atoms with Gasteiger partial charge in [-0.1, -0.05) is 11.6 Å². The topological polar surface area (TPSA) is 57.6 Å². The van der Waals surface area contributed by atoms with Crippen LogP contribution in [-0.4, -0.2) is 31.4 Å². The smallest absolute Gasteiger partial charge is 0.243 e. The summed E-state index contributed by atoms with van der Waals surface area (Å²) in [6.45, 7) is 2.02. The predicted molar refractivity (Wildman–Crippen MR) is 74.7 cm³/mol. The normalized spacial score (nSPS) is 16.1. The molecule has 1 saturated carbocycles. The number of aliphatic hydroxyl groups is 1. The Balaban J connectivity index is 2.41. The van der Waals surface area contributed by atoms with Gasteiger partial charge in [-0.25, -0.2) is 12.7 Å². The minimum absolute atomic E-state index is 0.187. The number of hydrogen-bond donors (Lipinski definition) is 1. The Labute approximate surface area is 119 Å². The van der Waals surface area contributed by atoms with Crippen molar-refractivity contribution in [3.63, 3.8) is 0 Å². The summed E-state index contributed by atoms with van der Waals surface area (Å²) in [6.07, 6.45) is 2.19. The minimum Gasteiger partial charge on any atom is -0.392 e. The van der Waals surface area contributed by atoms with Crippen molar-refractivity contribution < 1.29 is 13.5 Å². The molecule has 0 aromatic heterocycles. The van der Waals surface area contributed by atoms with Crippen molar-refractivity contribution in [2.45, 2.75) is 31.3 Å². The van der Waals surface area contributed by atoms with Gasteiger partial charge in [-0.05, 0) is 48.9 Å². The van der Waals surface area contributed by atoms with Crippen LogP contribution in [0, 0.1) is 12.8 Å². The van der Waals surface area contributed by atoms with Gasteiger partial charge in [0.05, 0.1) is 11.5 Å². The molecule has 1 N–H and O–H groups in total. The van der Waals surface area contributed by atoms with Crippen LogP contribution in [0.25, 0.3) is 0 Å². The van der Waals surface area contributed by atoms with E-state index in [4.69, 9.17) is 11.6 Å². The maximum Gasteiger partial charge on any atom is 0.243 e. The van der Waals surface area contributed by atoms with Crippen molar-refractivity contribution in [2.75, 3.05) is 13.6 Å². The van der Waals surface area contributed by atoms with Gasteiger partial charge >= 0.3 is 0 Å². The van der Waals surface area contributed by atoms with Gasteiger partial charge in [0.1, 0.15) is 0 Å². The van der Waals surface area contributed by atoms with Crippen molar-refractivity contribution in [3.05, 3.63) is 28.3 Å². The number of benzene rings is 1. The Hall–Kier alpha value is -0.620. The second kappa shape index (κ2) is 5.40. The number of rotatable bonds is 5. The third-order valence-electron chi connectivity index (χ3n) is 3.50. The first-order valence-electron chi connectivity index (χ1n) is 6.22. The quantitative estimate of drug-likeness (QED) is 0.907. The van der Waals surface area contributed by atoms with Gasteiger partial charge in [0.15, 0.2) is 0 Å². The third-order valence-corrected chi connectivity index (χ3v) is 5.67. The number of sulfonamides is 1. The molecule has 1 aromatic rings. The zero-order chi connectivity index (χ0) is 14.2. The molecular formula is C13H18ClNO3S. The summed E-state index contributed by atoms with van der Waals surface area (Å²) in [5.41, 5.74) is 1.11. The van der Waals surface area contributed by atoms with Crippen LogP contribution in [-0.2, 0) is 16.6 Å². The molecule has 106 valence electrons. The van der Waals surface area contributed by atoms with Crippen molar-refractivity contribution in [1.29, 1.82) is 0 Å². The number of hydrogen-bond acceptors (Lipinski definition) is 3. The highest BCUT2D eigenvalue weighted by molar-refractivity contribution is 7.89. The summed E-state index contributed by atoms with van der Waals surface area (Å²) in [5.74, 6) is 0.483. The lowest BCUT2D eigenvalue weighted by molar-refractivity contribution is 0.280. The fraction of sp³-hybridized carbons (Fsp3) is 0.538. The number of halogens is 1. The van der Waals surface area contributed by atoms with Crippen molar-refractivity contribution in [3.8, 4) is 0 Å². The molecule has 2 rings (SSSR count). The third kappa shape index (κ3) is 3.11. The van der Waals surface area contributed by atoms with Gasteiger partial charge < -0.3 is 5.11 Å². The second-order valence-electron chi connectivity index (χ2n) is 5.08. The van der Waals surface area contributed by atoms with Gasteiger partial charge in [-0.2, -0.15) is 0 Å². The monoisotopic (exact) mass is 303 g/mol. The zero-order valence-electron chi connectivity index (χ0n) is 11.1. The molecule has 0 atom stereocenters. The van der Waals surface area contributed by atoms with Crippen LogP contribution < -0.4 is 0 Å². The highest BCUT2D eigenvalue weighted by Crippen LogP contribution is 2.32. The van der Waals surface area contributed by atoms with E-state index in [-0.39, 0.29) is 11.5 Å². The Morgan fingerprint density at radius 2 is 2.05 bits per heavy atom. The average molecular weight is 304 g/mol. The fourth-order valence-corrected chi connectivity index (χ4v) is 3.91. The van der Waals surface area contributed by atoms with E-state index in [1.807, 2.05) is 0 Å². The largest absolute Gasteiger partial charge is 0.392 e. The Bertz CT molecular complexity index is 582. The highest BCUT2D eigenvalue weighted by Gasteiger charge is 2.30. The molecule has 0 spiro atoms. The molecular weight excluding hydrogens is 286 g/mol. The summed E-state index contributed by atoms with van der Waals surface area (Å²) in [6, 6.07) is 3.05. The molecule has 0 aliphatic heterocycles. The first kappa shape index (κ1) is 14.8. The van der Waals surface area contributed by atoms with Crippen molar-refractivity contribution in [1.82, 2.24) is 4.31 Å². The Morgan fingerprint density at radius 1 is 1.42 bits per heavy atom. The van der Waals surface area contributed by atoms with E-state index in [9.17, 15) is 13.5 Å². The molecule has 1 aromatic carbocycles. The van der Waals surface area contributed by atoms with E-state index in [1.54, 1.807) is 20.0 Å². The molecule has 0 heterocycles. The lowest BCUT2D eigenvalue weighted by Crippen LogP contribution is -2.29. The van der Waals surface area contributed by atoms with Crippen molar-refractivity contribution >= 4 is 21.6 Å². The molecule has 1 aliphatic rings. The van der Waals surface area contributed by atoms with Crippen LogP contribution in [0.3, 0.4) is 0 Å². The van der Waals surface area contributed by atoms with Crippen LogP contribution in [0.5, 0.6) is 0 Å². The molecule has 0 bridgehead atoms. The van der Waals surface area contributed by atoms with Gasteiger partial charge in [-0.3, -0.25) is 0 Å². The number of aliphatic hydroxyl groups excluding tert-OH is 1. The summed E-state index contributed by atoms with van der Waals surface area (Å²) in [7, 11) is -1.95. The van der Waals surface area contributed by atoms with Gasteiger partial charge in [-0.15, -0.1) is 0 Å². The average Bonchev–Trinajstić information content (AvgIpc) is 3.15. The molecule has 1 fully saturated rings. The summed E-state index contributed by atoms with van der Waals surface area (Å²) in [5, 5.41) is 9.59. The van der Waals surface area contributed by atoms with Gasteiger partial charge in [0, 0.05) is 18.6 Å². The molecule has 0 saturated heterocycles. The summed E-state index contributed by atoms with van der Waals surface area (Å²) < 4.78 is 26.4. The Morgan fingerprint density at radius 3 is 2.58 bits per heavy atom. The molecule has 19 heavy (non-hydrogen) atoms. The predicted octanol–water partition coefficient (Wildman–Crippen LogP) is 2.17. The molecule has 6 heteroatoms. The van der Waals surface area contributed by atoms with Crippen LogP contribution >= 0.6 is 11.6 Å². The Kier molecular flexibility index (Phi) is 4.20. The molecule has 0 amide bonds. The lowest BCUT2D eigenvalue weighted by atomic mass is 10.1.